The first kappa shape index (κ1) is 18.1. The molecule has 1 aliphatic heterocycles. The minimum atomic E-state index is -0.585. The number of aryl methyl sites for hydroxylation is 1. The number of carbonyl (C=O) groups excluding carboxylic acids is 2. The van der Waals surface area contributed by atoms with Gasteiger partial charge in [-0.25, -0.2) is 0 Å². The van der Waals surface area contributed by atoms with Gasteiger partial charge in [-0.1, -0.05) is 48.0 Å². The highest BCUT2D eigenvalue weighted by atomic mass is 32.1. The Hall–Kier alpha value is -2.73. The van der Waals surface area contributed by atoms with Crippen molar-refractivity contribution in [1.82, 2.24) is 9.80 Å². The van der Waals surface area contributed by atoms with E-state index in [2.05, 4.69) is 5.32 Å². The van der Waals surface area contributed by atoms with Crippen molar-refractivity contribution < 1.29 is 9.59 Å². The summed E-state index contributed by atoms with van der Waals surface area (Å²) in [6.45, 7) is 2.49. The number of likely N-dealkylation sites (N-methyl/N-ethyl adjacent to an activating group) is 1. The van der Waals surface area contributed by atoms with Crippen LogP contribution in [0.5, 0.6) is 0 Å². The average Bonchev–Trinajstić information content (AvgIpc) is 2.83. The van der Waals surface area contributed by atoms with E-state index in [-0.39, 0.29) is 18.2 Å². The van der Waals surface area contributed by atoms with Crippen LogP contribution < -0.4 is 5.32 Å². The molecular weight excluding hydrogens is 346 g/mol. The molecule has 3 rings (SSSR count). The maximum absolute atomic E-state index is 12.6. The van der Waals surface area contributed by atoms with Crippen LogP contribution in [0.3, 0.4) is 0 Å². The van der Waals surface area contributed by atoms with E-state index in [1.54, 1.807) is 7.05 Å². The fraction of sp³-hybridized carbons (Fsp3) is 0.250. The zero-order valence-electron chi connectivity index (χ0n) is 14.8. The van der Waals surface area contributed by atoms with Gasteiger partial charge in [-0.05, 0) is 36.8 Å². The number of rotatable bonds is 5. The summed E-state index contributed by atoms with van der Waals surface area (Å²) in [6, 6.07) is 16.8. The molecule has 26 heavy (non-hydrogen) atoms. The third-order valence-corrected chi connectivity index (χ3v) is 4.94. The highest BCUT2D eigenvalue weighted by Crippen LogP contribution is 2.22. The van der Waals surface area contributed by atoms with Crippen LogP contribution in [-0.2, 0) is 16.1 Å². The first-order valence-electron chi connectivity index (χ1n) is 8.44. The van der Waals surface area contributed by atoms with Crippen molar-refractivity contribution in [2.75, 3.05) is 12.4 Å². The van der Waals surface area contributed by atoms with E-state index in [1.165, 1.54) is 4.90 Å². The third-order valence-electron chi connectivity index (χ3n) is 4.43. The molecule has 1 unspecified atom stereocenters. The molecule has 5 nitrogen and oxygen atoms in total. The normalized spacial score (nSPS) is 16.9. The molecule has 2 aromatic carbocycles. The summed E-state index contributed by atoms with van der Waals surface area (Å²) in [6.07, 6.45) is 0.0595. The van der Waals surface area contributed by atoms with E-state index in [1.807, 2.05) is 66.4 Å². The summed E-state index contributed by atoms with van der Waals surface area (Å²) in [5, 5.41) is 3.30. The van der Waals surface area contributed by atoms with E-state index >= 15 is 0 Å². The molecule has 1 aliphatic rings. The lowest BCUT2D eigenvalue weighted by atomic mass is 10.1. The average molecular weight is 367 g/mol. The van der Waals surface area contributed by atoms with Gasteiger partial charge >= 0.3 is 0 Å². The molecule has 134 valence electrons. The lowest BCUT2D eigenvalue weighted by molar-refractivity contribution is -0.130. The first-order valence-corrected chi connectivity index (χ1v) is 8.85. The van der Waals surface area contributed by atoms with Crippen molar-refractivity contribution in [2.24, 2.45) is 0 Å². The number of carbonyl (C=O) groups is 2. The van der Waals surface area contributed by atoms with E-state index < -0.39 is 6.04 Å². The molecule has 0 spiro atoms. The Kier molecular flexibility index (Phi) is 5.32. The molecule has 1 N–H and O–H groups in total. The van der Waals surface area contributed by atoms with Gasteiger partial charge in [-0.3, -0.25) is 14.5 Å². The molecule has 2 aromatic rings. The minimum absolute atomic E-state index is 0.0595. The third kappa shape index (κ3) is 3.91. The second-order valence-electron chi connectivity index (χ2n) is 6.43. The molecule has 1 atom stereocenters. The summed E-state index contributed by atoms with van der Waals surface area (Å²) in [5.74, 6) is -0.353. The predicted octanol–water partition coefficient (Wildman–Crippen LogP) is 2.95. The second-order valence-corrected chi connectivity index (χ2v) is 6.79. The Morgan fingerprint density at radius 2 is 1.77 bits per heavy atom. The summed E-state index contributed by atoms with van der Waals surface area (Å²) >= 11 is 5.41. The number of nitrogens with zero attached hydrogens (tertiary/aromatic N) is 2. The van der Waals surface area contributed by atoms with Gasteiger partial charge in [0.2, 0.25) is 5.91 Å². The van der Waals surface area contributed by atoms with Crippen LogP contribution in [0.1, 0.15) is 17.5 Å². The fourth-order valence-electron chi connectivity index (χ4n) is 2.96. The Morgan fingerprint density at radius 1 is 1.12 bits per heavy atom. The highest BCUT2D eigenvalue weighted by molar-refractivity contribution is 7.80. The van der Waals surface area contributed by atoms with E-state index in [4.69, 9.17) is 12.2 Å². The van der Waals surface area contributed by atoms with Crippen LogP contribution in [0, 0.1) is 6.92 Å². The van der Waals surface area contributed by atoms with Gasteiger partial charge < -0.3 is 10.2 Å². The number of hydrogen-bond acceptors (Lipinski definition) is 3. The highest BCUT2D eigenvalue weighted by Gasteiger charge is 2.41. The largest absolute Gasteiger partial charge is 0.332 e. The standard InChI is InChI=1S/C20H21N3O2S/c1-14-8-10-16(11-9-14)21-18(24)12-17-19(25)22(2)20(26)23(17)13-15-6-4-3-5-7-15/h3-11,17H,12-13H2,1-2H3,(H,21,24). The monoisotopic (exact) mass is 367 g/mol. The zero-order chi connectivity index (χ0) is 18.7. The molecule has 6 heteroatoms. The van der Waals surface area contributed by atoms with E-state index in [0.29, 0.717) is 11.7 Å². The number of amides is 2. The van der Waals surface area contributed by atoms with Gasteiger partial charge in [0.05, 0.1) is 6.42 Å². The van der Waals surface area contributed by atoms with Crippen LogP contribution in [0.25, 0.3) is 0 Å². The Morgan fingerprint density at radius 3 is 2.42 bits per heavy atom. The van der Waals surface area contributed by atoms with Crippen molar-refractivity contribution in [3.05, 3.63) is 65.7 Å². The molecule has 1 fully saturated rings. The maximum atomic E-state index is 12.6. The number of thiocarbonyl (C=S) groups is 1. The molecular formula is C20H21N3O2S. The van der Waals surface area contributed by atoms with Crippen molar-refractivity contribution in [1.29, 1.82) is 0 Å². The number of anilines is 1. The van der Waals surface area contributed by atoms with Gasteiger partial charge in [0.1, 0.15) is 6.04 Å². The maximum Gasteiger partial charge on any atom is 0.251 e. The molecule has 0 aliphatic carbocycles. The number of hydrogen-bond donors (Lipinski definition) is 1. The molecule has 0 bridgehead atoms. The molecule has 0 aromatic heterocycles. The minimum Gasteiger partial charge on any atom is -0.332 e. The van der Waals surface area contributed by atoms with Gasteiger partial charge in [0.15, 0.2) is 5.11 Å². The lowest BCUT2D eigenvalue weighted by Gasteiger charge is -2.23. The fourth-order valence-corrected chi connectivity index (χ4v) is 3.24. The second kappa shape index (κ2) is 7.66. The van der Waals surface area contributed by atoms with Gasteiger partial charge in [-0.15, -0.1) is 0 Å². The van der Waals surface area contributed by atoms with Gasteiger partial charge in [-0.2, -0.15) is 0 Å². The molecule has 0 saturated carbocycles. The Labute approximate surface area is 158 Å². The summed E-state index contributed by atoms with van der Waals surface area (Å²) in [7, 11) is 1.65. The van der Waals surface area contributed by atoms with E-state index in [0.717, 1.165) is 16.8 Å². The van der Waals surface area contributed by atoms with Crippen LogP contribution in [0.2, 0.25) is 0 Å². The van der Waals surface area contributed by atoms with Crippen LogP contribution >= 0.6 is 12.2 Å². The topological polar surface area (TPSA) is 52.7 Å². The SMILES string of the molecule is Cc1ccc(NC(=O)CC2C(=O)N(C)C(=S)N2Cc2ccccc2)cc1. The van der Waals surface area contributed by atoms with Crippen LogP contribution in [0.4, 0.5) is 5.69 Å². The zero-order valence-corrected chi connectivity index (χ0v) is 15.6. The summed E-state index contributed by atoms with van der Waals surface area (Å²) < 4.78 is 0. The number of nitrogens with one attached hydrogen (secondary N) is 1. The molecule has 2 amide bonds. The van der Waals surface area contributed by atoms with Crippen LogP contribution in [0.15, 0.2) is 54.6 Å². The van der Waals surface area contributed by atoms with E-state index in [9.17, 15) is 9.59 Å². The van der Waals surface area contributed by atoms with Gasteiger partial charge in [0, 0.05) is 19.3 Å². The first-order chi connectivity index (χ1) is 12.5. The smallest absolute Gasteiger partial charge is 0.251 e. The van der Waals surface area contributed by atoms with Gasteiger partial charge in [0.25, 0.3) is 5.91 Å². The molecule has 1 heterocycles. The van der Waals surface area contributed by atoms with Crippen molar-refractivity contribution in [2.45, 2.75) is 25.9 Å². The predicted molar refractivity (Wildman–Crippen MR) is 106 cm³/mol. The molecule has 0 radical (unpaired) electrons. The molecule has 1 saturated heterocycles. The number of benzene rings is 2. The summed E-state index contributed by atoms with van der Waals surface area (Å²) in [5.41, 5.74) is 2.88. The van der Waals surface area contributed by atoms with Crippen molar-refractivity contribution >= 4 is 34.8 Å². The Balaban J connectivity index is 1.72. The summed E-state index contributed by atoms with van der Waals surface area (Å²) in [4.78, 5) is 28.3. The van der Waals surface area contributed by atoms with Crippen molar-refractivity contribution in [3.63, 3.8) is 0 Å². The quantitative estimate of drug-likeness (QED) is 0.826. The van der Waals surface area contributed by atoms with Crippen LogP contribution in [-0.4, -0.2) is 39.8 Å². The Bertz CT molecular complexity index is 821. The van der Waals surface area contributed by atoms with Crippen molar-refractivity contribution in [3.8, 4) is 0 Å². The lowest BCUT2D eigenvalue weighted by Crippen LogP contribution is -2.37.